The standard InChI is InChI=1S/C27H28N2O3/c30-26(28-18-23-10-4-5-11-24(23)19-29-16-6-7-17-29)20-32-25-14-12-22(13-15-25)27(31)21-8-2-1-3-9-21/h1-5,8-15H,6-7,16-20H2,(H,28,30). The molecule has 3 aromatic rings. The van der Waals surface area contributed by atoms with E-state index in [2.05, 4.69) is 22.3 Å². The number of benzene rings is 3. The zero-order chi connectivity index (χ0) is 22.2. The van der Waals surface area contributed by atoms with Crippen LogP contribution in [0.3, 0.4) is 0 Å². The van der Waals surface area contributed by atoms with Gasteiger partial charge in [-0.05, 0) is 61.3 Å². The van der Waals surface area contributed by atoms with Crippen LogP contribution in [0.5, 0.6) is 5.75 Å². The molecule has 0 atom stereocenters. The molecule has 1 N–H and O–H groups in total. The number of likely N-dealkylation sites (tertiary alicyclic amines) is 1. The Bertz CT molecular complexity index is 1040. The molecule has 1 saturated heterocycles. The van der Waals surface area contributed by atoms with Gasteiger partial charge in [0.2, 0.25) is 0 Å². The normalized spacial score (nSPS) is 13.6. The fourth-order valence-electron chi connectivity index (χ4n) is 3.92. The van der Waals surface area contributed by atoms with E-state index in [-0.39, 0.29) is 18.3 Å². The molecule has 32 heavy (non-hydrogen) atoms. The highest BCUT2D eigenvalue weighted by atomic mass is 16.5. The molecule has 5 heteroatoms. The summed E-state index contributed by atoms with van der Waals surface area (Å²) in [6.07, 6.45) is 2.52. The third-order valence-corrected chi connectivity index (χ3v) is 5.71. The summed E-state index contributed by atoms with van der Waals surface area (Å²) in [5.41, 5.74) is 3.62. The Labute approximate surface area is 189 Å². The maximum absolute atomic E-state index is 12.5. The first kappa shape index (κ1) is 21.8. The van der Waals surface area contributed by atoms with Crippen LogP contribution in [0.2, 0.25) is 0 Å². The Kier molecular flexibility index (Phi) is 7.31. The molecular formula is C27H28N2O3. The largest absolute Gasteiger partial charge is 0.484 e. The summed E-state index contributed by atoms with van der Waals surface area (Å²) in [6, 6.07) is 24.3. The number of rotatable bonds is 9. The first-order valence-corrected chi connectivity index (χ1v) is 11.1. The molecule has 164 valence electrons. The van der Waals surface area contributed by atoms with Gasteiger partial charge in [-0.3, -0.25) is 14.5 Å². The molecule has 5 nitrogen and oxygen atoms in total. The van der Waals surface area contributed by atoms with Gasteiger partial charge in [-0.1, -0.05) is 54.6 Å². The smallest absolute Gasteiger partial charge is 0.258 e. The number of hydrogen-bond donors (Lipinski definition) is 1. The average molecular weight is 429 g/mol. The van der Waals surface area contributed by atoms with E-state index in [1.54, 1.807) is 36.4 Å². The number of nitrogens with zero attached hydrogens (tertiary/aromatic N) is 1. The third-order valence-electron chi connectivity index (χ3n) is 5.71. The van der Waals surface area contributed by atoms with Crippen molar-refractivity contribution in [3.63, 3.8) is 0 Å². The lowest BCUT2D eigenvalue weighted by molar-refractivity contribution is -0.123. The quantitative estimate of drug-likeness (QED) is 0.519. The van der Waals surface area contributed by atoms with Crippen LogP contribution in [0.4, 0.5) is 0 Å². The molecule has 0 bridgehead atoms. The van der Waals surface area contributed by atoms with E-state index in [0.717, 1.165) is 25.2 Å². The first-order valence-electron chi connectivity index (χ1n) is 11.1. The van der Waals surface area contributed by atoms with Crippen molar-refractivity contribution < 1.29 is 14.3 Å². The molecule has 1 aliphatic heterocycles. The number of ether oxygens (including phenoxy) is 1. The number of amides is 1. The van der Waals surface area contributed by atoms with Gasteiger partial charge in [-0.25, -0.2) is 0 Å². The molecule has 0 spiro atoms. The Hall–Kier alpha value is -3.44. The van der Waals surface area contributed by atoms with Crippen molar-refractivity contribution in [2.75, 3.05) is 19.7 Å². The van der Waals surface area contributed by atoms with Gasteiger partial charge in [0.05, 0.1) is 0 Å². The number of nitrogens with one attached hydrogen (secondary N) is 1. The Morgan fingerprint density at radius 3 is 2.12 bits per heavy atom. The topological polar surface area (TPSA) is 58.6 Å². The van der Waals surface area contributed by atoms with Crippen LogP contribution in [0.15, 0.2) is 78.9 Å². The lowest BCUT2D eigenvalue weighted by atomic mass is 10.0. The van der Waals surface area contributed by atoms with Gasteiger partial charge in [0, 0.05) is 24.2 Å². The van der Waals surface area contributed by atoms with Crippen LogP contribution in [-0.2, 0) is 17.9 Å². The van der Waals surface area contributed by atoms with Crippen LogP contribution in [0.25, 0.3) is 0 Å². The van der Waals surface area contributed by atoms with E-state index in [9.17, 15) is 9.59 Å². The Morgan fingerprint density at radius 2 is 1.41 bits per heavy atom. The van der Waals surface area contributed by atoms with Crippen LogP contribution in [0, 0.1) is 0 Å². The van der Waals surface area contributed by atoms with Crippen LogP contribution >= 0.6 is 0 Å². The molecule has 1 heterocycles. The zero-order valence-electron chi connectivity index (χ0n) is 18.1. The molecule has 1 aliphatic rings. The van der Waals surface area contributed by atoms with Gasteiger partial charge in [-0.2, -0.15) is 0 Å². The summed E-state index contributed by atoms with van der Waals surface area (Å²) < 4.78 is 5.60. The Balaban J connectivity index is 1.26. The molecule has 1 amide bonds. The summed E-state index contributed by atoms with van der Waals surface area (Å²) >= 11 is 0. The fourth-order valence-corrected chi connectivity index (χ4v) is 3.92. The minimum atomic E-state index is -0.176. The predicted molar refractivity (Wildman–Crippen MR) is 125 cm³/mol. The maximum atomic E-state index is 12.5. The SMILES string of the molecule is O=C(COc1ccc(C(=O)c2ccccc2)cc1)NCc1ccccc1CN1CCCC1. The highest BCUT2D eigenvalue weighted by Gasteiger charge is 2.14. The van der Waals surface area contributed by atoms with Gasteiger partial charge in [0.15, 0.2) is 12.4 Å². The van der Waals surface area contributed by atoms with Crippen LogP contribution in [-0.4, -0.2) is 36.3 Å². The lowest BCUT2D eigenvalue weighted by Gasteiger charge is -2.17. The van der Waals surface area contributed by atoms with Gasteiger partial charge in [0.1, 0.15) is 5.75 Å². The molecule has 0 aliphatic carbocycles. The monoisotopic (exact) mass is 428 g/mol. The second-order valence-electron chi connectivity index (χ2n) is 8.04. The second kappa shape index (κ2) is 10.7. The van der Waals surface area contributed by atoms with Crippen molar-refractivity contribution in [1.82, 2.24) is 10.2 Å². The highest BCUT2D eigenvalue weighted by molar-refractivity contribution is 6.08. The van der Waals surface area contributed by atoms with Crippen molar-refractivity contribution in [2.45, 2.75) is 25.9 Å². The molecule has 0 saturated carbocycles. The summed E-state index contributed by atoms with van der Waals surface area (Å²) in [7, 11) is 0. The lowest BCUT2D eigenvalue weighted by Crippen LogP contribution is -2.29. The van der Waals surface area contributed by atoms with E-state index in [4.69, 9.17) is 4.74 Å². The highest BCUT2D eigenvalue weighted by Crippen LogP contribution is 2.17. The number of carbonyl (C=O) groups is 2. The molecule has 4 rings (SSSR count). The molecular weight excluding hydrogens is 400 g/mol. The van der Waals surface area contributed by atoms with Crippen LogP contribution < -0.4 is 10.1 Å². The fraction of sp³-hybridized carbons (Fsp3) is 0.259. The molecule has 3 aromatic carbocycles. The summed E-state index contributed by atoms with van der Waals surface area (Å²) in [5.74, 6) is 0.340. The van der Waals surface area contributed by atoms with Crippen molar-refractivity contribution in [1.29, 1.82) is 0 Å². The van der Waals surface area contributed by atoms with Gasteiger partial charge >= 0.3 is 0 Å². The summed E-state index contributed by atoms with van der Waals surface area (Å²) in [4.78, 5) is 27.2. The first-order chi connectivity index (χ1) is 15.7. The van der Waals surface area contributed by atoms with E-state index < -0.39 is 0 Å². The summed E-state index contributed by atoms with van der Waals surface area (Å²) in [5, 5.41) is 2.95. The third kappa shape index (κ3) is 5.83. The summed E-state index contributed by atoms with van der Waals surface area (Å²) in [6.45, 7) is 3.63. The predicted octanol–water partition coefficient (Wildman–Crippen LogP) is 4.21. The van der Waals surface area contributed by atoms with Crippen molar-refractivity contribution in [3.8, 4) is 5.75 Å². The van der Waals surface area contributed by atoms with Crippen molar-refractivity contribution in [3.05, 3.63) is 101 Å². The number of hydrogen-bond acceptors (Lipinski definition) is 4. The van der Waals surface area contributed by atoms with E-state index in [1.807, 2.05) is 30.3 Å². The van der Waals surface area contributed by atoms with E-state index in [0.29, 0.717) is 23.4 Å². The van der Waals surface area contributed by atoms with E-state index in [1.165, 1.54) is 18.4 Å². The molecule has 0 aromatic heterocycles. The Morgan fingerprint density at radius 1 is 0.781 bits per heavy atom. The van der Waals surface area contributed by atoms with Crippen molar-refractivity contribution >= 4 is 11.7 Å². The minimum absolute atomic E-state index is 0.0394. The molecule has 0 unspecified atom stereocenters. The number of ketones is 1. The maximum Gasteiger partial charge on any atom is 0.258 e. The van der Waals surface area contributed by atoms with Gasteiger partial charge in [0.25, 0.3) is 5.91 Å². The minimum Gasteiger partial charge on any atom is -0.484 e. The molecule has 0 radical (unpaired) electrons. The number of carbonyl (C=O) groups excluding carboxylic acids is 2. The second-order valence-corrected chi connectivity index (χ2v) is 8.04. The zero-order valence-corrected chi connectivity index (χ0v) is 18.1. The molecule has 1 fully saturated rings. The average Bonchev–Trinajstić information content (AvgIpc) is 3.36. The van der Waals surface area contributed by atoms with Gasteiger partial charge < -0.3 is 10.1 Å². The van der Waals surface area contributed by atoms with E-state index >= 15 is 0 Å². The van der Waals surface area contributed by atoms with Crippen molar-refractivity contribution in [2.24, 2.45) is 0 Å². The van der Waals surface area contributed by atoms with Crippen LogP contribution in [0.1, 0.15) is 39.9 Å². The van der Waals surface area contributed by atoms with Gasteiger partial charge in [-0.15, -0.1) is 0 Å².